The first kappa shape index (κ1) is 18.7. The third kappa shape index (κ3) is 4.92. The van der Waals surface area contributed by atoms with Gasteiger partial charge < -0.3 is 4.74 Å². The highest BCUT2D eigenvalue weighted by molar-refractivity contribution is 7.92. The van der Waals surface area contributed by atoms with E-state index in [1.165, 1.54) is 10.4 Å². The Bertz CT molecular complexity index is 698. The molecule has 10 heteroatoms. The first-order valence-corrected chi connectivity index (χ1v) is 8.50. The van der Waals surface area contributed by atoms with Crippen molar-refractivity contribution in [1.82, 2.24) is 9.21 Å². The van der Waals surface area contributed by atoms with Gasteiger partial charge in [0.15, 0.2) is 11.6 Å². The van der Waals surface area contributed by atoms with Gasteiger partial charge in [0.1, 0.15) is 0 Å². The molecule has 5 nitrogen and oxygen atoms in total. The van der Waals surface area contributed by atoms with Crippen molar-refractivity contribution in [3.05, 3.63) is 41.6 Å². The number of hydrogen-bond donors (Lipinski definition) is 0. The molecule has 1 aromatic carbocycles. The molecule has 0 radical (unpaired) electrons. The summed E-state index contributed by atoms with van der Waals surface area (Å²) in [4.78, 5) is 1.88. The van der Waals surface area contributed by atoms with E-state index in [1.807, 2.05) is 4.90 Å². The largest absolute Gasteiger partial charge is 0.573 e. The number of nitrogens with zero attached hydrogens (tertiary/aromatic N) is 2. The minimum atomic E-state index is -4.95. The topological polar surface area (TPSA) is 49.9 Å². The van der Waals surface area contributed by atoms with Crippen molar-refractivity contribution in [1.29, 1.82) is 0 Å². The first-order chi connectivity index (χ1) is 11.1. The van der Waals surface area contributed by atoms with Gasteiger partial charge in [-0.2, -0.15) is 4.31 Å². The average molecular weight is 368 g/mol. The fourth-order valence-electron chi connectivity index (χ4n) is 2.36. The number of alkyl halides is 3. The Labute approximate surface area is 137 Å². The summed E-state index contributed by atoms with van der Waals surface area (Å²) < 4.78 is 78.1. The molecule has 2 rings (SSSR count). The van der Waals surface area contributed by atoms with E-state index in [2.05, 4.69) is 11.3 Å². The Morgan fingerprint density at radius 3 is 2.33 bits per heavy atom. The molecule has 24 heavy (non-hydrogen) atoms. The van der Waals surface area contributed by atoms with Crippen LogP contribution >= 0.6 is 0 Å². The predicted molar refractivity (Wildman–Crippen MR) is 79.0 cm³/mol. The number of hydrogen-bond acceptors (Lipinski definition) is 4. The molecule has 1 fully saturated rings. The second kappa shape index (κ2) is 7.08. The maximum atomic E-state index is 13.7. The fourth-order valence-corrected chi connectivity index (χ4v) is 3.24. The van der Waals surface area contributed by atoms with Crippen LogP contribution in [0.15, 0.2) is 30.2 Å². The van der Waals surface area contributed by atoms with E-state index in [-0.39, 0.29) is 13.1 Å². The van der Waals surface area contributed by atoms with Gasteiger partial charge in [-0.25, -0.2) is 12.8 Å². The molecule has 1 saturated heterocycles. The fraction of sp³-hybridized carbons (Fsp3) is 0.429. The lowest BCUT2D eigenvalue weighted by molar-refractivity contribution is -0.275. The zero-order valence-corrected chi connectivity index (χ0v) is 13.4. The molecular weight excluding hydrogens is 352 g/mol. The Morgan fingerprint density at radius 1 is 1.21 bits per heavy atom. The van der Waals surface area contributed by atoms with Gasteiger partial charge in [-0.15, -0.1) is 13.2 Å². The van der Waals surface area contributed by atoms with Crippen molar-refractivity contribution >= 4 is 10.0 Å². The molecule has 0 spiro atoms. The van der Waals surface area contributed by atoms with Crippen LogP contribution in [0.1, 0.15) is 5.56 Å². The predicted octanol–water partition coefficient (Wildman–Crippen LogP) is 2.32. The molecule has 0 saturated carbocycles. The number of piperazine rings is 1. The summed E-state index contributed by atoms with van der Waals surface area (Å²) in [6.07, 6.45) is -4.95. The standard InChI is InChI=1S/C14H16F4N2O3S/c1-2-24(21,22)20-7-5-19(6-8-20)10-11-3-4-13(12(15)9-11)23-14(16,17)18/h2-4,9H,1,5-8,10H2. The van der Waals surface area contributed by atoms with Gasteiger partial charge in [-0.1, -0.05) is 12.6 Å². The molecule has 1 aliphatic heterocycles. The molecular formula is C14H16F4N2O3S. The summed E-state index contributed by atoms with van der Waals surface area (Å²) in [7, 11) is -3.46. The summed E-state index contributed by atoms with van der Waals surface area (Å²) in [6, 6.07) is 3.25. The van der Waals surface area contributed by atoms with Gasteiger partial charge in [0.2, 0.25) is 10.0 Å². The third-order valence-electron chi connectivity index (χ3n) is 3.53. The van der Waals surface area contributed by atoms with Crippen molar-refractivity contribution in [2.45, 2.75) is 12.9 Å². The van der Waals surface area contributed by atoms with Gasteiger partial charge in [-0.05, 0) is 17.7 Å². The zero-order chi connectivity index (χ0) is 18.0. The highest BCUT2D eigenvalue weighted by atomic mass is 32.2. The van der Waals surface area contributed by atoms with Gasteiger partial charge in [0, 0.05) is 38.1 Å². The van der Waals surface area contributed by atoms with E-state index in [0.29, 0.717) is 25.2 Å². The van der Waals surface area contributed by atoms with Crippen molar-refractivity contribution in [3.63, 3.8) is 0 Å². The van der Waals surface area contributed by atoms with Crippen molar-refractivity contribution in [2.75, 3.05) is 26.2 Å². The average Bonchev–Trinajstić information content (AvgIpc) is 2.49. The monoisotopic (exact) mass is 368 g/mol. The molecule has 134 valence electrons. The van der Waals surface area contributed by atoms with Gasteiger partial charge >= 0.3 is 6.36 Å². The second-order valence-corrected chi connectivity index (χ2v) is 7.08. The minimum absolute atomic E-state index is 0.270. The maximum absolute atomic E-state index is 13.7. The first-order valence-electron chi connectivity index (χ1n) is 7.00. The van der Waals surface area contributed by atoms with Crippen LogP contribution in [0.2, 0.25) is 0 Å². The maximum Gasteiger partial charge on any atom is 0.573 e. The summed E-state index contributed by atoms with van der Waals surface area (Å²) in [5.41, 5.74) is 0.474. The highest BCUT2D eigenvalue weighted by Crippen LogP contribution is 2.26. The molecule has 0 atom stereocenters. The summed E-state index contributed by atoms with van der Waals surface area (Å²) >= 11 is 0. The van der Waals surface area contributed by atoms with E-state index in [0.717, 1.165) is 17.5 Å². The normalized spacial score (nSPS) is 17.7. The van der Waals surface area contributed by atoms with Crippen LogP contribution in [-0.2, 0) is 16.6 Å². The van der Waals surface area contributed by atoms with Crippen LogP contribution in [-0.4, -0.2) is 50.2 Å². The van der Waals surface area contributed by atoms with Crippen LogP contribution in [0.4, 0.5) is 17.6 Å². The Morgan fingerprint density at radius 2 is 1.83 bits per heavy atom. The molecule has 1 aliphatic rings. The molecule has 0 unspecified atom stereocenters. The van der Waals surface area contributed by atoms with Crippen molar-refractivity contribution in [3.8, 4) is 5.75 Å². The van der Waals surface area contributed by atoms with E-state index in [1.54, 1.807) is 0 Å². The second-order valence-electron chi connectivity index (χ2n) is 5.20. The van der Waals surface area contributed by atoms with Crippen LogP contribution < -0.4 is 4.74 Å². The lowest BCUT2D eigenvalue weighted by Gasteiger charge is -2.33. The van der Waals surface area contributed by atoms with Gasteiger partial charge in [0.25, 0.3) is 0 Å². The molecule has 0 amide bonds. The molecule has 0 bridgehead atoms. The summed E-state index contributed by atoms with van der Waals surface area (Å²) in [5.74, 6) is -1.98. The van der Waals surface area contributed by atoms with Crippen LogP contribution in [0.3, 0.4) is 0 Å². The minimum Gasteiger partial charge on any atom is -0.403 e. The molecule has 1 heterocycles. The Hall–Kier alpha value is -1.65. The third-order valence-corrected chi connectivity index (χ3v) is 5.04. The summed E-state index contributed by atoms with van der Waals surface area (Å²) in [5, 5.41) is 0.886. The molecule has 0 N–H and O–H groups in total. The van der Waals surface area contributed by atoms with Crippen LogP contribution in [0, 0.1) is 5.82 Å². The zero-order valence-electron chi connectivity index (χ0n) is 12.6. The molecule has 0 aliphatic carbocycles. The number of halogens is 4. The number of ether oxygens (including phenoxy) is 1. The summed E-state index contributed by atoms with van der Waals surface area (Å²) in [6.45, 7) is 4.95. The lowest BCUT2D eigenvalue weighted by atomic mass is 10.2. The van der Waals surface area contributed by atoms with Crippen LogP contribution in [0.25, 0.3) is 0 Å². The van der Waals surface area contributed by atoms with E-state index in [9.17, 15) is 26.0 Å². The van der Waals surface area contributed by atoms with Gasteiger partial charge in [0.05, 0.1) is 0 Å². The Balaban J connectivity index is 1.96. The number of sulfonamides is 1. The Kier molecular flexibility index (Phi) is 5.51. The van der Waals surface area contributed by atoms with E-state index in [4.69, 9.17) is 0 Å². The van der Waals surface area contributed by atoms with Gasteiger partial charge in [-0.3, -0.25) is 4.90 Å². The van der Waals surface area contributed by atoms with Crippen LogP contribution in [0.5, 0.6) is 5.75 Å². The quantitative estimate of drug-likeness (QED) is 0.749. The smallest absolute Gasteiger partial charge is 0.403 e. The lowest BCUT2D eigenvalue weighted by Crippen LogP contribution is -2.47. The van der Waals surface area contributed by atoms with E-state index >= 15 is 0 Å². The molecule has 0 aromatic heterocycles. The van der Waals surface area contributed by atoms with E-state index < -0.39 is 28.0 Å². The van der Waals surface area contributed by atoms with Crippen molar-refractivity contribution < 1.29 is 30.7 Å². The molecule has 1 aromatic rings. The van der Waals surface area contributed by atoms with Crippen molar-refractivity contribution in [2.24, 2.45) is 0 Å². The SMILES string of the molecule is C=CS(=O)(=O)N1CCN(Cc2ccc(OC(F)(F)F)c(F)c2)CC1. The number of benzene rings is 1. The number of rotatable bonds is 5. The highest BCUT2D eigenvalue weighted by Gasteiger charge is 2.32.